The van der Waals surface area contributed by atoms with Crippen LogP contribution in [0.2, 0.25) is 0 Å². The molecule has 0 aliphatic rings. The predicted octanol–water partition coefficient (Wildman–Crippen LogP) is 3.87. The molecule has 104 valence electrons. The van der Waals surface area contributed by atoms with E-state index in [1.807, 2.05) is 26.8 Å². The SMILES string of the molecule is CC(C)(C)C(=O)Nc1ccccc1-c1ccncc1F. The molecule has 1 aromatic heterocycles. The highest BCUT2D eigenvalue weighted by Gasteiger charge is 2.22. The maximum Gasteiger partial charge on any atom is 0.229 e. The van der Waals surface area contributed by atoms with Crippen LogP contribution < -0.4 is 5.32 Å². The summed E-state index contributed by atoms with van der Waals surface area (Å²) in [7, 11) is 0. The quantitative estimate of drug-likeness (QED) is 0.901. The van der Waals surface area contributed by atoms with Crippen molar-refractivity contribution in [2.45, 2.75) is 20.8 Å². The van der Waals surface area contributed by atoms with E-state index < -0.39 is 11.2 Å². The average molecular weight is 272 g/mol. The molecule has 0 unspecified atom stereocenters. The highest BCUT2D eigenvalue weighted by Crippen LogP contribution is 2.30. The van der Waals surface area contributed by atoms with Gasteiger partial charge in [-0.1, -0.05) is 39.0 Å². The third-order valence-electron chi connectivity index (χ3n) is 2.92. The zero-order chi connectivity index (χ0) is 14.8. The lowest BCUT2D eigenvalue weighted by Crippen LogP contribution is -2.27. The lowest BCUT2D eigenvalue weighted by atomic mass is 9.95. The number of nitrogens with one attached hydrogen (secondary N) is 1. The Morgan fingerprint density at radius 1 is 1.15 bits per heavy atom. The van der Waals surface area contributed by atoms with Crippen LogP contribution in [0.15, 0.2) is 42.7 Å². The molecule has 2 aromatic rings. The van der Waals surface area contributed by atoms with Crippen molar-refractivity contribution >= 4 is 11.6 Å². The van der Waals surface area contributed by atoms with Crippen molar-refractivity contribution < 1.29 is 9.18 Å². The molecule has 1 heterocycles. The Bertz CT molecular complexity index is 632. The number of para-hydroxylation sites is 1. The minimum absolute atomic E-state index is 0.112. The van der Waals surface area contributed by atoms with Gasteiger partial charge in [0.05, 0.1) is 6.20 Å². The van der Waals surface area contributed by atoms with E-state index in [0.29, 0.717) is 16.8 Å². The summed E-state index contributed by atoms with van der Waals surface area (Å²) in [6.45, 7) is 5.49. The number of anilines is 1. The van der Waals surface area contributed by atoms with Crippen molar-refractivity contribution in [3.05, 3.63) is 48.5 Å². The van der Waals surface area contributed by atoms with Gasteiger partial charge in [0.25, 0.3) is 0 Å². The van der Waals surface area contributed by atoms with Crippen molar-refractivity contribution in [2.75, 3.05) is 5.32 Å². The molecule has 2 rings (SSSR count). The van der Waals surface area contributed by atoms with Crippen LogP contribution in [0.25, 0.3) is 11.1 Å². The van der Waals surface area contributed by atoms with Crippen LogP contribution in [0.5, 0.6) is 0 Å². The summed E-state index contributed by atoms with van der Waals surface area (Å²) >= 11 is 0. The zero-order valence-electron chi connectivity index (χ0n) is 11.8. The molecule has 0 fully saturated rings. The topological polar surface area (TPSA) is 42.0 Å². The molecule has 0 spiro atoms. The van der Waals surface area contributed by atoms with Gasteiger partial charge in [-0.15, -0.1) is 0 Å². The van der Waals surface area contributed by atoms with Crippen LogP contribution in [0.4, 0.5) is 10.1 Å². The summed E-state index contributed by atoms with van der Waals surface area (Å²) in [6, 6.07) is 8.75. The van der Waals surface area contributed by atoms with E-state index in [1.165, 1.54) is 6.20 Å². The molecule has 1 amide bonds. The summed E-state index contributed by atoms with van der Waals surface area (Å²) in [4.78, 5) is 15.8. The number of carbonyl (C=O) groups is 1. The van der Waals surface area contributed by atoms with E-state index in [0.717, 1.165) is 6.20 Å². The predicted molar refractivity (Wildman–Crippen MR) is 77.7 cm³/mol. The van der Waals surface area contributed by atoms with Crippen molar-refractivity contribution in [2.24, 2.45) is 5.41 Å². The Morgan fingerprint density at radius 3 is 2.50 bits per heavy atom. The Morgan fingerprint density at radius 2 is 1.85 bits per heavy atom. The summed E-state index contributed by atoms with van der Waals surface area (Å²) in [6.07, 6.45) is 2.69. The van der Waals surface area contributed by atoms with Gasteiger partial charge in [-0.05, 0) is 12.1 Å². The number of benzene rings is 1. The van der Waals surface area contributed by atoms with Crippen molar-refractivity contribution in [1.29, 1.82) is 0 Å². The number of nitrogens with zero attached hydrogens (tertiary/aromatic N) is 1. The van der Waals surface area contributed by atoms with E-state index in [2.05, 4.69) is 10.3 Å². The maximum absolute atomic E-state index is 13.9. The largest absolute Gasteiger partial charge is 0.325 e. The lowest BCUT2D eigenvalue weighted by molar-refractivity contribution is -0.123. The second kappa shape index (κ2) is 5.41. The molecule has 3 nitrogen and oxygen atoms in total. The van der Waals surface area contributed by atoms with Crippen LogP contribution in [-0.4, -0.2) is 10.9 Å². The number of halogens is 1. The van der Waals surface area contributed by atoms with Gasteiger partial charge in [0.1, 0.15) is 5.82 Å². The molecule has 0 atom stereocenters. The molecule has 0 saturated carbocycles. The van der Waals surface area contributed by atoms with Crippen LogP contribution in [0.1, 0.15) is 20.8 Å². The fraction of sp³-hybridized carbons (Fsp3) is 0.250. The highest BCUT2D eigenvalue weighted by atomic mass is 19.1. The molecular weight excluding hydrogens is 255 g/mol. The molecule has 1 aromatic carbocycles. The van der Waals surface area contributed by atoms with Gasteiger partial charge in [0.15, 0.2) is 0 Å². The standard InChI is InChI=1S/C16H17FN2O/c1-16(2,3)15(20)19-14-7-5-4-6-12(14)11-8-9-18-10-13(11)17/h4-10H,1-3H3,(H,19,20). The number of hydrogen-bond acceptors (Lipinski definition) is 2. The number of pyridine rings is 1. The molecule has 0 bridgehead atoms. The van der Waals surface area contributed by atoms with Gasteiger partial charge in [-0.25, -0.2) is 4.39 Å². The van der Waals surface area contributed by atoms with Crippen LogP contribution in [-0.2, 0) is 4.79 Å². The smallest absolute Gasteiger partial charge is 0.229 e. The van der Waals surface area contributed by atoms with Gasteiger partial charge < -0.3 is 5.32 Å². The third-order valence-corrected chi connectivity index (χ3v) is 2.92. The fourth-order valence-corrected chi connectivity index (χ4v) is 1.73. The van der Waals surface area contributed by atoms with Gasteiger partial charge in [-0.3, -0.25) is 9.78 Å². The number of amides is 1. The Hall–Kier alpha value is -2.23. The first kappa shape index (κ1) is 14.2. The Labute approximate surface area is 117 Å². The minimum atomic E-state index is -0.510. The first-order valence-electron chi connectivity index (χ1n) is 6.40. The molecule has 0 saturated heterocycles. The second-order valence-corrected chi connectivity index (χ2v) is 5.61. The number of rotatable bonds is 2. The van der Waals surface area contributed by atoms with E-state index in [-0.39, 0.29) is 5.91 Å². The van der Waals surface area contributed by atoms with Gasteiger partial charge in [-0.2, -0.15) is 0 Å². The average Bonchev–Trinajstić information content (AvgIpc) is 2.39. The monoisotopic (exact) mass is 272 g/mol. The van der Waals surface area contributed by atoms with Gasteiger partial charge in [0.2, 0.25) is 5.91 Å². The van der Waals surface area contributed by atoms with Gasteiger partial charge >= 0.3 is 0 Å². The summed E-state index contributed by atoms with van der Waals surface area (Å²) < 4.78 is 13.9. The summed E-state index contributed by atoms with van der Waals surface area (Å²) in [5, 5.41) is 2.85. The first-order valence-corrected chi connectivity index (χ1v) is 6.40. The van der Waals surface area contributed by atoms with Crippen LogP contribution in [0, 0.1) is 11.2 Å². The van der Waals surface area contributed by atoms with E-state index >= 15 is 0 Å². The zero-order valence-corrected chi connectivity index (χ0v) is 11.8. The van der Waals surface area contributed by atoms with Crippen molar-refractivity contribution in [1.82, 2.24) is 4.98 Å². The Kier molecular flexibility index (Phi) is 3.84. The van der Waals surface area contributed by atoms with Crippen LogP contribution >= 0.6 is 0 Å². The molecular formula is C16H17FN2O. The minimum Gasteiger partial charge on any atom is -0.325 e. The highest BCUT2D eigenvalue weighted by molar-refractivity contribution is 5.98. The molecule has 20 heavy (non-hydrogen) atoms. The summed E-state index contributed by atoms with van der Waals surface area (Å²) in [5.41, 5.74) is 1.15. The third kappa shape index (κ3) is 3.02. The summed E-state index contributed by atoms with van der Waals surface area (Å²) in [5.74, 6) is -0.524. The van der Waals surface area contributed by atoms with Crippen molar-refractivity contribution in [3.8, 4) is 11.1 Å². The number of hydrogen-bond donors (Lipinski definition) is 1. The molecule has 0 radical (unpaired) electrons. The Balaban J connectivity index is 2.42. The molecule has 0 aliphatic carbocycles. The number of carbonyl (C=O) groups excluding carboxylic acids is 1. The normalized spacial score (nSPS) is 11.2. The van der Waals surface area contributed by atoms with E-state index in [1.54, 1.807) is 24.3 Å². The lowest BCUT2D eigenvalue weighted by Gasteiger charge is -2.19. The first-order chi connectivity index (χ1) is 9.39. The molecule has 0 aliphatic heterocycles. The molecule has 1 N–H and O–H groups in total. The van der Waals surface area contributed by atoms with E-state index in [4.69, 9.17) is 0 Å². The van der Waals surface area contributed by atoms with Crippen molar-refractivity contribution in [3.63, 3.8) is 0 Å². The van der Waals surface area contributed by atoms with E-state index in [9.17, 15) is 9.18 Å². The molecule has 4 heteroatoms. The van der Waals surface area contributed by atoms with Crippen LogP contribution in [0.3, 0.4) is 0 Å². The van der Waals surface area contributed by atoms with Gasteiger partial charge in [0, 0.05) is 28.4 Å². The second-order valence-electron chi connectivity index (χ2n) is 5.61. The number of aromatic nitrogens is 1. The maximum atomic E-state index is 13.9. The fourth-order valence-electron chi connectivity index (χ4n) is 1.73.